The maximum absolute atomic E-state index is 13.4. The van der Waals surface area contributed by atoms with Crippen molar-refractivity contribution in [3.05, 3.63) is 73.7 Å². The number of aryl methyl sites for hydroxylation is 2. The molecule has 36 heavy (non-hydrogen) atoms. The maximum atomic E-state index is 13.4. The van der Waals surface area contributed by atoms with Crippen LogP contribution in [0.3, 0.4) is 0 Å². The molecule has 0 unspecified atom stereocenters. The molecule has 0 radical (unpaired) electrons. The summed E-state index contributed by atoms with van der Waals surface area (Å²) >= 11 is 0. The lowest BCUT2D eigenvalue weighted by Crippen LogP contribution is -2.51. The number of aromatic amines is 1. The van der Waals surface area contributed by atoms with Gasteiger partial charge in [-0.05, 0) is 50.5 Å². The number of aromatic nitrogens is 3. The molecule has 1 aliphatic heterocycles. The quantitative estimate of drug-likeness (QED) is 0.605. The first-order valence-corrected chi connectivity index (χ1v) is 12.6. The van der Waals surface area contributed by atoms with Crippen LogP contribution in [0.5, 0.6) is 0 Å². The molecule has 188 valence electrons. The molecular formula is C27H31N5O4. The molecule has 2 amide bonds. The molecule has 1 saturated heterocycles. The van der Waals surface area contributed by atoms with Gasteiger partial charge in [-0.2, -0.15) is 0 Å². The van der Waals surface area contributed by atoms with E-state index in [-0.39, 0.29) is 24.3 Å². The number of H-pyrrole nitrogens is 1. The summed E-state index contributed by atoms with van der Waals surface area (Å²) in [6.45, 7) is 5.95. The van der Waals surface area contributed by atoms with E-state index in [1.807, 2.05) is 24.8 Å². The molecule has 1 saturated carbocycles. The Morgan fingerprint density at radius 2 is 1.69 bits per heavy atom. The van der Waals surface area contributed by atoms with Gasteiger partial charge in [0.05, 0.1) is 23.1 Å². The minimum atomic E-state index is -0.519. The lowest BCUT2D eigenvalue weighted by Gasteiger charge is -2.36. The van der Waals surface area contributed by atoms with Gasteiger partial charge >= 0.3 is 5.69 Å². The van der Waals surface area contributed by atoms with Crippen LogP contribution in [0.2, 0.25) is 0 Å². The molecule has 0 bridgehead atoms. The Morgan fingerprint density at radius 3 is 2.42 bits per heavy atom. The number of hydrogen-bond acceptors (Lipinski definition) is 5. The average molecular weight is 490 g/mol. The highest BCUT2D eigenvalue weighted by Gasteiger charge is 2.31. The number of pyridine rings is 1. The van der Waals surface area contributed by atoms with Crippen molar-refractivity contribution in [3.8, 4) is 0 Å². The third-order valence-corrected chi connectivity index (χ3v) is 7.45. The van der Waals surface area contributed by atoms with E-state index in [1.54, 1.807) is 29.3 Å². The monoisotopic (exact) mass is 489 g/mol. The van der Waals surface area contributed by atoms with Crippen LogP contribution in [0.4, 0.5) is 0 Å². The molecule has 3 aromatic rings. The lowest BCUT2D eigenvalue weighted by atomic mass is 10.1. The van der Waals surface area contributed by atoms with Gasteiger partial charge in [-0.1, -0.05) is 24.5 Å². The van der Waals surface area contributed by atoms with Crippen LogP contribution in [0.1, 0.15) is 52.9 Å². The number of piperazine rings is 1. The zero-order valence-electron chi connectivity index (χ0n) is 20.7. The van der Waals surface area contributed by atoms with Crippen LogP contribution in [-0.2, 0) is 11.3 Å². The van der Waals surface area contributed by atoms with Gasteiger partial charge in [0.2, 0.25) is 5.91 Å². The van der Waals surface area contributed by atoms with Crippen LogP contribution in [0.15, 0.2) is 40.1 Å². The van der Waals surface area contributed by atoms with E-state index in [9.17, 15) is 19.2 Å². The Balaban J connectivity index is 1.35. The van der Waals surface area contributed by atoms with Gasteiger partial charge < -0.3 is 9.80 Å². The summed E-state index contributed by atoms with van der Waals surface area (Å²) < 4.78 is 1.47. The van der Waals surface area contributed by atoms with Crippen LogP contribution < -0.4 is 11.2 Å². The Hall–Kier alpha value is -3.75. The minimum absolute atomic E-state index is 0.0987. The fourth-order valence-electron chi connectivity index (χ4n) is 5.34. The average Bonchev–Trinajstić information content (AvgIpc) is 3.42. The smallest absolute Gasteiger partial charge is 0.329 e. The first-order valence-electron chi connectivity index (χ1n) is 12.6. The van der Waals surface area contributed by atoms with Crippen molar-refractivity contribution in [3.63, 3.8) is 0 Å². The summed E-state index contributed by atoms with van der Waals surface area (Å²) in [5, 5.41) is 0.433. The molecule has 9 heteroatoms. The molecule has 3 heterocycles. The molecule has 1 N–H and O–H groups in total. The zero-order valence-corrected chi connectivity index (χ0v) is 20.7. The summed E-state index contributed by atoms with van der Waals surface area (Å²) in [5.74, 6) is 0.280. The molecular weight excluding hydrogens is 458 g/mol. The van der Waals surface area contributed by atoms with Crippen LogP contribution in [0, 0.1) is 19.8 Å². The zero-order chi connectivity index (χ0) is 25.4. The minimum Gasteiger partial charge on any atom is -0.339 e. The van der Waals surface area contributed by atoms with E-state index in [2.05, 4.69) is 9.97 Å². The highest BCUT2D eigenvalue weighted by atomic mass is 16.2. The third kappa shape index (κ3) is 4.57. The predicted molar refractivity (Wildman–Crippen MR) is 136 cm³/mol. The molecule has 2 fully saturated rings. The number of carbonyl (C=O) groups excluding carboxylic acids is 2. The van der Waals surface area contributed by atoms with Gasteiger partial charge in [-0.25, -0.2) is 4.79 Å². The molecule has 2 aromatic heterocycles. The van der Waals surface area contributed by atoms with E-state index in [1.165, 1.54) is 4.57 Å². The number of nitrogens with one attached hydrogen (secondary N) is 1. The normalized spacial score (nSPS) is 16.6. The van der Waals surface area contributed by atoms with Crippen LogP contribution >= 0.6 is 0 Å². The number of nitrogens with zero attached hydrogens (tertiary/aromatic N) is 4. The SMILES string of the molecule is Cc1ccc2c(c1)c(=O)[nH]c(=O)n2Cc1cc(C(=O)N2CCN(C(=O)C3CCCC3)CC2)c(C)cn1. The number of hydrogen-bond donors (Lipinski definition) is 1. The fourth-order valence-corrected chi connectivity index (χ4v) is 5.34. The number of benzene rings is 1. The highest BCUT2D eigenvalue weighted by Crippen LogP contribution is 2.27. The highest BCUT2D eigenvalue weighted by molar-refractivity contribution is 5.96. The second kappa shape index (κ2) is 9.72. The van der Waals surface area contributed by atoms with E-state index in [4.69, 9.17) is 0 Å². The molecule has 1 aliphatic carbocycles. The Kier molecular flexibility index (Phi) is 6.47. The van der Waals surface area contributed by atoms with Crippen LogP contribution in [0.25, 0.3) is 10.9 Å². The Morgan fingerprint density at radius 1 is 1.00 bits per heavy atom. The van der Waals surface area contributed by atoms with Crippen molar-refractivity contribution < 1.29 is 9.59 Å². The Bertz CT molecular complexity index is 1440. The number of fused-ring (bicyclic) bond motifs is 1. The van der Waals surface area contributed by atoms with Crippen molar-refractivity contribution in [2.24, 2.45) is 5.92 Å². The second-order valence-corrected chi connectivity index (χ2v) is 9.96. The standard InChI is InChI=1S/C27H31N5O4/c1-17-7-8-23-22(13-17)24(33)29-27(36)32(23)16-20-14-21(18(2)15-28-20)26(35)31-11-9-30(10-12-31)25(34)19-5-3-4-6-19/h7-8,13-15,19H,3-6,9-12,16H2,1-2H3,(H,29,33,36). The first kappa shape index (κ1) is 24.0. The summed E-state index contributed by atoms with van der Waals surface area (Å²) in [6, 6.07) is 7.09. The van der Waals surface area contributed by atoms with Gasteiger partial charge in [0, 0.05) is 43.9 Å². The van der Waals surface area contributed by atoms with Gasteiger partial charge in [0.25, 0.3) is 11.5 Å². The van der Waals surface area contributed by atoms with Gasteiger partial charge in [0.15, 0.2) is 0 Å². The number of carbonyl (C=O) groups is 2. The van der Waals surface area contributed by atoms with Gasteiger partial charge in [-0.15, -0.1) is 0 Å². The topological polar surface area (TPSA) is 108 Å². The fraction of sp³-hybridized carbons (Fsp3) is 0.444. The van der Waals surface area contributed by atoms with Gasteiger partial charge in [0.1, 0.15) is 0 Å². The largest absolute Gasteiger partial charge is 0.339 e. The summed E-state index contributed by atoms with van der Waals surface area (Å²) in [4.78, 5) is 61.6. The van der Waals surface area contributed by atoms with Crippen molar-refractivity contribution in [1.82, 2.24) is 24.3 Å². The predicted octanol–water partition coefficient (Wildman–Crippen LogP) is 2.22. The summed E-state index contributed by atoms with van der Waals surface area (Å²) in [7, 11) is 0. The molecule has 2 aliphatic rings. The van der Waals surface area contributed by atoms with E-state index < -0.39 is 11.2 Å². The van der Waals surface area contributed by atoms with E-state index in [0.29, 0.717) is 48.3 Å². The molecule has 0 atom stereocenters. The first-order chi connectivity index (χ1) is 17.3. The Labute approximate surface area is 208 Å². The van der Waals surface area contributed by atoms with Crippen molar-refractivity contribution in [2.75, 3.05) is 26.2 Å². The van der Waals surface area contributed by atoms with Crippen LogP contribution in [-0.4, -0.2) is 62.3 Å². The van der Waals surface area contributed by atoms with Gasteiger partial charge in [-0.3, -0.25) is 28.9 Å². The molecule has 5 rings (SSSR count). The molecule has 0 spiro atoms. The van der Waals surface area contributed by atoms with Crippen molar-refractivity contribution in [2.45, 2.75) is 46.1 Å². The molecule has 9 nitrogen and oxygen atoms in total. The summed E-state index contributed by atoms with van der Waals surface area (Å²) in [6.07, 6.45) is 5.85. The van der Waals surface area contributed by atoms with Crippen molar-refractivity contribution >= 4 is 22.7 Å². The lowest BCUT2D eigenvalue weighted by molar-refractivity contribution is -0.136. The van der Waals surface area contributed by atoms with Crippen molar-refractivity contribution in [1.29, 1.82) is 0 Å². The third-order valence-electron chi connectivity index (χ3n) is 7.45. The number of rotatable bonds is 4. The van der Waals surface area contributed by atoms with E-state index >= 15 is 0 Å². The van der Waals surface area contributed by atoms with E-state index in [0.717, 1.165) is 36.8 Å². The summed E-state index contributed by atoms with van der Waals surface area (Å²) in [5.41, 5.74) is 2.34. The molecule has 1 aromatic carbocycles. The second-order valence-electron chi connectivity index (χ2n) is 9.96. The number of amides is 2. The maximum Gasteiger partial charge on any atom is 0.329 e.